The van der Waals surface area contributed by atoms with E-state index in [1.54, 1.807) is 11.8 Å². The normalized spacial score (nSPS) is 20.8. The second-order valence-corrected chi connectivity index (χ2v) is 5.46. The number of hydrogen-bond donors (Lipinski definition) is 1. The summed E-state index contributed by atoms with van der Waals surface area (Å²) in [5.41, 5.74) is 5.79. The van der Waals surface area contributed by atoms with Gasteiger partial charge in [0.1, 0.15) is 5.75 Å². The lowest BCUT2D eigenvalue weighted by molar-refractivity contribution is -0.136. The van der Waals surface area contributed by atoms with E-state index >= 15 is 0 Å². The average molecular weight is 313 g/mol. The molecule has 1 amide bonds. The fourth-order valence-corrected chi connectivity index (χ4v) is 2.28. The van der Waals surface area contributed by atoms with Crippen LogP contribution in [-0.4, -0.2) is 36.0 Å². The molecule has 1 fully saturated rings. The highest BCUT2D eigenvalue weighted by atomic mass is 79.9. The monoisotopic (exact) mass is 312 g/mol. The Hall–Kier alpha value is -1.07. The lowest BCUT2D eigenvalue weighted by Gasteiger charge is -2.21. The van der Waals surface area contributed by atoms with Crippen molar-refractivity contribution in [2.24, 2.45) is 5.73 Å². The van der Waals surface area contributed by atoms with E-state index in [1.807, 2.05) is 24.3 Å². The quantitative estimate of drug-likeness (QED) is 0.925. The summed E-state index contributed by atoms with van der Waals surface area (Å²) in [5, 5.41) is 0. The van der Waals surface area contributed by atoms with Gasteiger partial charge in [-0.3, -0.25) is 4.79 Å². The van der Waals surface area contributed by atoms with Gasteiger partial charge in [0.05, 0.1) is 0 Å². The number of halogens is 1. The Morgan fingerprint density at radius 1 is 1.50 bits per heavy atom. The van der Waals surface area contributed by atoms with Gasteiger partial charge in [0.25, 0.3) is 5.91 Å². The van der Waals surface area contributed by atoms with Crippen LogP contribution in [0.25, 0.3) is 0 Å². The molecule has 0 radical (unpaired) electrons. The molecule has 0 aliphatic carbocycles. The summed E-state index contributed by atoms with van der Waals surface area (Å²) in [7, 11) is 0. The summed E-state index contributed by atoms with van der Waals surface area (Å²) in [6.07, 6.45) is 0.396. The lowest BCUT2D eigenvalue weighted by atomic mass is 10.3. The van der Waals surface area contributed by atoms with Gasteiger partial charge in [0, 0.05) is 23.6 Å². The standard InChI is InChI=1S/C13H17BrN2O2/c1-9(13(17)16-7-6-11(15)8-16)18-12-4-2-10(14)3-5-12/h2-5,9,11H,6-8,15H2,1H3/t9-,11+/m1/s1. The van der Waals surface area contributed by atoms with Crippen LogP contribution in [0.2, 0.25) is 0 Å². The topological polar surface area (TPSA) is 55.6 Å². The smallest absolute Gasteiger partial charge is 0.263 e. The highest BCUT2D eigenvalue weighted by molar-refractivity contribution is 9.10. The van der Waals surface area contributed by atoms with Crippen LogP contribution in [0.4, 0.5) is 0 Å². The highest BCUT2D eigenvalue weighted by Gasteiger charge is 2.28. The molecule has 0 saturated carbocycles. The van der Waals surface area contributed by atoms with Crippen LogP contribution in [-0.2, 0) is 4.79 Å². The summed E-state index contributed by atoms with van der Waals surface area (Å²) in [6, 6.07) is 7.55. The number of likely N-dealkylation sites (tertiary alicyclic amines) is 1. The Bertz CT molecular complexity index is 422. The van der Waals surface area contributed by atoms with Crippen LogP contribution in [0.3, 0.4) is 0 Å². The minimum atomic E-state index is -0.475. The summed E-state index contributed by atoms with van der Waals surface area (Å²) < 4.78 is 6.61. The van der Waals surface area contributed by atoms with Crippen molar-refractivity contribution in [3.8, 4) is 5.75 Å². The van der Waals surface area contributed by atoms with E-state index in [0.717, 1.165) is 17.4 Å². The van der Waals surface area contributed by atoms with Crippen LogP contribution in [0.5, 0.6) is 5.75 Å². The number of nitrogens with zero attached hydrogens (tertiary/aromatic N) is 1. The van der Waals surface area contributed by atoms with Gasteiger partial charge in [-0.2, -0.15) is 0 Å². The average Bonchev–Trinajstić information content (AvgIpc) is 2.78. The van der Waals surface area contributed by atoms with E-state index in [9.17, 15) is 4.79 Å². The maximum Gasteiger partial charge on any atom is 0.263 e. The van der Waals surface area contributed by atoms with Crippen molar-refractivity contribution in [2.75, 3.05) is 13.1 Å². The van der Waals surface area contributed by atoms with Gasteiger partial charge in [0.15, 0.2) is 6.10 Å². The van der Waals surface area contributed by atoms with Crippen molar-refractivity contribution in [1.29, 1.82) is 0 Å². The second-order valence-electron chi connectivity index (χ2n) is 4.55. The van der Waals surface area contributed by atoms with Gasteiger partial charge in [0.2, 0.25) is 0 Å². The molecule has 1 saturated heterocycles. The third kappa shape index (κ3) is 3.23. The Labute approximate surface area is 115 Å². The van der Waals surface area contributed by atoms with Gasteiger partial charge in [-0.1, -0.05) is 15.9 Å². The van der Waals surface area contributed by atoms with Gasteiger partial charge >= 0.3 is 0 Å². The van der Waals surface area contributed by atoms with Crippen molar-refractivity contribution >= 4 is 21.8 Å². The van der Waals surface area contributed by atoms with Gasteiger partial charge in [-0.25, -0.2) is 0 Å². The van der Waals surface area contributed by atoms with E-state index in [-0.39, 0.29) is 11.9 Å². The van der Waals surface area contributed by atoms with Crippen molar-refractivity contribution in [2.45, 2.75) is 25.5 Å². The van der Waals surface area contributed by atoms with Crippen LogP contribution in [0, 0.1) is 0 Å². The SMILES string of the molecule is C[C@@H](Oc1ccc(Br)cc1)C(=O)N1CC[C@H](N)C1. The first-order chi connectivity index (χ1) is 8.56. The molecule has 2 N–H and O–H groups in total. The Morgan fingerprint density at radius 3 is 2.72 bits per heavy atom. The maximum absolute atomic E-state index is 12.1. The number of nitrogens with two attached hydrogens (primary N) is 1. The third-order valence-corrected chi connectivity index (χ3v) is 3.54. The predicted octanol–water partition coefficient (Wildman–Crippen LogP) is 1.78. The molecule has 0 unspecified atom stereocenters. The molecule has 18 heavy (non-hydrogen) atoms. The molecular formula is C13H17BrN2O2. The fraction of sp³-hybridized carbons (Fsp3) is 0.462. The van der Waals surface area contributed by atoms with Crippen molar-refractivity contribution in [3.63, 3.8) is 0 Å². The van der Waals surface area contributed by atoms with Crippen LogP contribution < -0.4 is 10.5 Å². The molecule has 98 valence electrons. The highest BCUT2D eigenvalue weighted by Crippen LogP contribution is 2.18. The van der Waals surface area contributed by atoms with E-state index < -0.39 is 6.10 Å². The minimum absolute atomic E-state index is 0.00543. The minimum Gasteiger partial charge on any atom is -0.481 e. The molecule has 0 aromatic heterocycles. The summed E-state index contributed by atoms with van der Waals surface area (Å²) >= 11 is 3.36. The first-order valence-corrected chi connectivity index (χ1v) is 6.82. The maximum atomic E-state index is 12.1. The van der Waals surface area contributed by atoms with Crippen molar-refractivity contribution in [3.05, 3.63) is 28.7 Å². The lowest BCUT2D eigenvalue weighted by Crippen LogP contribution is -2.40. The zero-order valence-electron chi connectivity index (χ0n) is 10.3. The third-order valence-electron chi connectivity index (χ3n) is 3.01. The molecule has 1 aromatic carbocycles. The number of ether oxygens (including phenoxy) is 1. The van der Waals surface area contributed by atoms with E-state index in [1.165, 1.54) is 0 Å². The van der Waals surface area contributed by atoms with Gasteiger partial charge in [-0.15, -0.1) is 0 Å². The first-order valence-electron chi connectivity index (χ1n) is 6.03. The number of carbonyl (C=O) groups excluding carboxylic acids is 1. The summed E-state index contributed by atoms with van der Waals surface area (Å²) in [6.45, 7) is 3.13. The summed E-state index contributed by atoms with van der Waals surface area (Å²) in [5.74, 6) is 0.702. The number of amides is 1. The fourth-order valence-electron chi connectivity index (χ4n) is 2.01. The molecule has 4 nitrogen and oxygen atoms in total. The molecule has 2 rings (SSSR count). The zero-order valence-corrected chi connectivity index (χ0v) is 11.9. The molecule has 1 aliphatic heterocycles. The molecule has 0 spiro atoms. The predicted molar refractivity (Wildman–Crippen MR) is 73.4 cm³/mol. The first kappa shape index (κ1) is 13.4. The van der Waals surface area contributed by atoms with Crippen LogP contribution in [0.1, 0.15) is 13.3 Å². The number of carbonyl (C=O) groups is 1. The van der Waals surface area contributed by atoms with Crippen LogP contribution in [0.15, 0.2) is 28.7 Å². The van der Waals surface area contributed by atoms with Gasteiger partial charge in [-0.05, 0) is 37.6 Å². The Kier molecular flexibility index (Phi) is 4.24. The summed E-state index contributed by atoms with van der Waals surface area (Å²) in [4.78, 5) is 13.9. The Balaban J connectivity index is 1.93. The Morgan fingerprint density at radius 2 is 2.17 bits per heavy atom. The molecule has 1 heterocycles. The van der Waals surface area contributed by atoms with Crippen molar-refractivity contribution < 1.29 is 9.53 Å². The van der Waals surface area contributed by atoms with Gasteiger partial charge < -0.3 is 15.4 Å². The molecule has 5 heteroatoms. The number of rotatable bonds is 3. The number of benzene rings is 1. The van der Waals surface area contributed by atoms with Crippen LogP contribution >= 0.6 is 15.9 Å². The molecule has 1 aromatic rings. The van der Waals surface area contributed by atoms with E-state index in [4.69, 9.17) is 10.5 Å². The van der Waals surface area contributed by atoms with E-state index in [2.05, 4.69) is 15.9 Å². The molecule has 0 bridgehead atoms. The zero-order chi connectivity index (χ0) is 13.1. The number of hydrogen-bond acceptors (Lipinski definition) is 3. The second kappa shape index (κ2) is 5.71. The molecular weight excluding hydrogens is 296 g/mol. The van der Waals surface area contributed by atoms with E-state index in [0.29, 0.717) is 12.3 Å². The molecule has 2 atom stereocenters. The largest absolute Gasteiger partial charge is 0.481 e. The van der Waals surface area contributed by atoms with Crippen molar-refractivity contribution in [1.82, 2.24) is 4.90 Å². The molecule has 1 aliphatic rings.